The van der Waals surface area contributed by atoms with E-state index in [0.29, 0.717) is 11.7 Å². The molecule has 0 bridgehead atoms. The van der Waals surface area contributed by atoms with E-state index in [0.717, 1.165) is 11.3 Å². The third kappa shape index (κ3) is 2.86. The van der Waals surface area contributed by atoms with Gasteiger partial charge in [-0.2, -0.15) is 10.2 Å². The van der Waals surface area contributed by atoms with Gasteiger partial charge in [0.05, 0.1) is 12.2 Å². The number of hydrogen-bond acceptors (Lipinski definition) is 5. The van der Waals surface area contributed by atoms with Crippen LogP contribution >= 0.6 is 0 Å². The Bertz CT molecular complexity index is 552. The van der Waals surface area contributed by atoms with Crippen molar-refractivity contribution in [1.82, 2.24) is 10.1 Å². The van der Waals surface area contributed by atoms with Crippen molar-refractivity contribution in [2.24, 2.45) is 0 Å². The number of ether oxygens (including phenoxy) is 1. The molecule has 0 aliphatic rings. The average molecular weight is 243 g/mol. The Balaban J connectivity index is 2.15. The van der Waals surface area contributed by atoms with Gasteiger partial charge in [-0.15, -0.1) is 0 Å². The molecule has 1 heterocycles. The maximum atomic E-state index is 8.53. The van der Waals surface area contributed by atoms with Gasteiger partial charge in [0.2, 0.25) is 11.7 Å². The Morgan fingerprint density at radius 2 is 2.06 bits per heavy atom. The highest BCUT2D eigenvalue weighted by atomic mass is 16.5. The lowest BCUT2D eigenvalue weighted by molar-refractivity contribution is 0.242. The van der Waals surface area contributed by atoms with Crippen LogP contribution in [-0.2, 0) is 6.42 Å². The molecule has 1 aromatic carbocycles. The quantitative estimate of drug-likeness (QED) is 0.825. The van der Waals surface area contributed by atoms with Gasteiger partial charge in [0.25, 0.3) is 0 Å². The molecule has 0 aliphatic carbocycles. The van der Waals surface area contributed by atoms with E-state index in [1.165, 1.54) is 0 Å². The summed E-state index contributed by atoms with van der Waals surface area (Å²) >= 11 is 0. The SMILES string of the molecule is CC(C)Oc1ccc(-c2noc(CC#N)n2)cc1. The number of aromatic nitrogens is 2. The van der Waals surface area contributed by atoms with Gasteiger partial charge in [-0.25, -0.2) is 0 Å². The standard InChI is InChI=1S/C13H13N3O2/c1-9(2)17-11-5-3-10(4-6-11)13-15-12(7-8-14)18-16-13/h3-6,9H,7H2,1-2H3. The predicted molar refractivity (Wildman–Crippen MR) is 64.8 cm³/mol. The van der Waals surface area contributed by atoms with Gasteiger partial charge in [-0.05, 0) is 38.1 Å². The Morgan fingerprint density at radius 1 is 1.33 bits per heavy atom. The second-order valence-electron chi connectivity index (χ2n) is 4.04. The molecule has 0 saturated heterocycles. The lowest BCUT2D eigenvalue weighted by atomic mass is 10.2. The van der Waals surface area contributed by atoms with Crippen molar-refractivity contribution in [1.29, 1.82) is 5.26 Å². The number of nitriles is 1. The lowest BCUT2D eigenvalue weighted by Gasteiger charge is -2.09. The van der Waals surface area contributed by atoms with Crippen molar-refractivity contribution in [3.05, 3.63) is 30.2 Å². The molecule has 0 saturated carbocycles. The van der Waals surface area contributed by atoms with Crippen molar-refractivity contribution >= 4 is 0 Å². The fourth-order valence-electron chi connectivity index (χ4n) is 1.47. The molecule has 2 aromatic rings. The van der Waals surface area contributed by atoms with Crippen LogP contribution in [0.2, 0.25) is 0 Å². The predicted octanol–water partition coefficient (Wildman–Crippen LogP) is 2.59. The van der Waals surface area contributed by atoms with Gasteiger partial charge in [0.1, 0.15) is 12.2 Å². The first kappa shape index (κ1) is 12.1. The molecule has 0 aliphatic heterocycles. The van der Waals surface area contributed by atoms with Gasteiger partial charge in [-0.1, -0.05) is 5.16 Å². The minimum atomic E-state index is 0.127. The van der Waals surface area contributed by atoms with E-state index in [4.69, 9.17) is 14.5 Å². The van der Waals surface area contributed by atoms with E-state index < -0.39 is 0 Å². The molecule has 5 nitrogen and oxygen atoms in total. The molecule has 0 spiro atoms. The molecule has 18 heavy (non-hydrogen) atoms. The van der Waals surface area contributed by atoms with Gasteiger partial charge in [-0.3, -0.25) is 0 Å². The minimum absolute atomic E-state index is 0.127. The second kappa shape index (κ2) is 5.32. The molecular weight excluding hydrogens is 230 g/mol. The molecular formula is C13H13N3O2. The van der Waals surface area contributed by atoms with Crippen LogP contribution in [-0.4, -0.2) is 16.2 Å². The molecule has 0 fully saturated rings. The summed E-state index contributed by atoms with van der Waals surface area (Å²) in [6.45, 7) is 3.95. The fraction of sp³-hybridized carbons (Fsp3) is 0.308. The average Bonchev–Trinajstić information content (AvgIpc) is 2.78. The van der Waals surface area contributed by atoms with Gasteiger partial charge in [0, 0.05) is 5.56 Å². The molecule has 0 radical (unpaired) electrons. The van der Waals surface area contributed by atoms with Crippen molar-refractivity contribution in [2.75, 3.05) is 0 Å². The largest absolute Gasteiger partial charge is 0.491 e. The first-order chi connectivity index (χ1) is 8.69. The summed E-state index contributed by atoms with van der Waals surface area (Å²) in [7, 11) is 0. The molecule has 0 atom stereocenters. The fourth-order valence-corrected chi connectivity index (χ4v) is 1.47. The molecule has 0 amide bonds. The van der Waals surface area contributed by atoms with E-state index in [1.54, 1.807) is 0 Å². The maximum absolute atomic E-state index is 8.53. The highest BCUT2D eigenvalue weighted by Crippen LogP contribution is 2.20. The summed E-state index contributed by atoms with van der Waals surface area (Å²) in [5.74, 6) is 1.61. The van der Waals surface area contributed by atoms with Crippen LogP contribution in [0.5, 0.6) is 5.75 Å². The van der Waals surface area contributed by atoms with E-state index in [-0.39, 0.29) is 12.5 Å². The number of hydrogen-bond donors (Lipinski definition) is 0. The van der Waals surface area contributed by atoms with Gasteiger partial charge in [0.15, 0.2) is 0 Å². The zero-order valence-electron chi connectivity index (χ0n) is 10.3. The summed E-state index contributed by atoms with van der Waals surface area (Å²) < 4.78 is 10.5. The van der Waals surface area contributed by atoms with Gasteiger partial charge >= 0.3 is 0 Å². The summed E-state index contributed by atoms with van der Waals surface area (Å²) in [6.07, 6.45) is 0.268. The number of benzene rings is 1. The van der Waals surface area contributed by atoms with Crippen LogP contribution in [0, 0.1) is 11.3 Å². The maximum Gasteiger partial charge on any atom is 0.241 e. The van der Waals surface area contributed by atoms with Gasteiger partial charge < -0.3 is 9.26 Å². The normalized spacial score (nSPS) is 10.3. The van der Waals surface area contributed by atoms with Crippen LogP contribution in [0.25, 0.3) is 11.4 Å². The van der Waals surface area contributed by atoms with Crippen LogP contribution in [0.3, 0.4) is 0 Å². The number of nitrogens with zero attached hydrogens (tertiary/aromatic N) is 3. The monoisotopic (exact) mass is 243 g/mol. The van der Waals surface area contributed by atoms with Crippen molar-refractivity contribution in [2.45, 2.75) is 26.4 Å². The molecule has 2 rings (SSSR count). The molecule has 5 heteroatoms. The second-order valence-corrected chi connectivity index (χ2v) is 4.04. The lowest BCUT2D eigenvalue weighted by Crippen LogP contribution is -2.05. The summed E-state index contributed by atoms with van der Waals surface area (Å²) in [5.41, 5.74) is 0.832. The van der Waals surface area contributed by atoms with Crippen LogP contribution < -0.4 is 4.74 Å². The zero-order chi connectivity index (χ0) is 13.0. The van der Waals surface area contributed by atoms with Crippen LogP contribution in [0.4, 0.5) is 0 Å². The van der Waals surface area contributed by atoms with E-state index in [2.05, 4.69) is 10.1 Å². The molecule has 1 aromatic heterocycles. The topological polar surface area (TPSA) is 71.9 Å². The highest BCUT2D eigenvalue weighted by Gasteiger charge is 2.08. The Labute approximate surface area is 105 Å². The third-order valence-electron chi connectivity index (χ3n) is 2.18. The van der Waals surface area contributed by atoms with E-state index >= 15 is 0 Å². The summed E-state index contributed by atoms with van der Waals surface area (Å²) in [6, 6.07) is 9.40. The highest BCUT2D eigenvalue weighted by molar-refractivity contribution is 5.55. The first-order valence-corrected chi connectivity index (χ1v) is 5.65. The van der Waals surface area contributed by atoms with E-state index in [1.807, 2.05) is 44.2 Å². The van der Waals surface area contributed by atoms with Crippen molar-refractivity contribution < 1.29 is 9.26 Å². The summed E-state index contributed by atoms with van der Waals surface area (Å²) in [4.78, 5) is 4.12. The zero-order valence-corrected chi connectivity index (χ0v) is 10.3. The van der Waals surface area contributed by atoms with Crippen molar-refractivity contribution in [3.63, 3.8) is 0 Å². The Hall–Kier alpha value is -2.35. The minimum Gasteiger partial charge on any atom is -0.491 e. The smallest absolute Gasteiger partial charge is 0.241 e. The third-order valence-corrected chi connectivity index (χ3v) is 2.18. The first-order valence-electron chi connectivity index (χ1n) is 5.65. The number of rotatable bonds is 4. The molecule has 0 unspecified atom stereocenters. The Kier molecular flexibility index (Phi) is 3.58. The van der Waals surface area contributed by atoms with Crippen LogP contribution in [0.1, 0.15) is 19.7 Å². The Morgan fingerprint density at radius 3 is 2.67 bits per heavy atom. The van der Waals surface area contributed by atoms with Crippen LogP contribution in [0.15, 0.2) is 28.8 Å². The molecule has 0 N–H and O–H groups in total. The van der Waals surface area contributed by atoms with E-state index in [9.17, 15) is 0 Å². The molecule has 92 valence electrons. The van der Waals surface area contributed by atoms with Crippen molar-refractivity contribution in [3.8, 4) is 23.2 Å². The summed E-state index contributed by atoms with van der Waals surface area (Å²) in [5, 5.41) is 12.3.